The van der Waals surface area contributed by atoms with Crippen LogP contribution in [0, 0.1) is 5.82 Å². The first kappa shape index (κ1) is 15.8. The number of hydrogen-bond donors (Lipinski definition) is 1. The molecule has 1 atom stereocenters. The van der Waals surface area contributed by atoms with E-state index >= 15 is 0 Å². The summed E-state index contributed by atoms with van der Waals surface area (Å²) >= 11 is 3.13. The Morgan fingerprint density at radius 2 is 1.90 bits per heavy atom. The van der Waals surface area contributed by atoms with E-state index in [1.165, 1.54) is 19.2 Å². The van der Waals surface area contributed by atoms with Gasteiger partial charge >= 0.3 is 0 Å². The molecule has 0 radical (unpaired) electrons. The van der Waals surface area contributed by atoms with Crippen LogP contribution in [-0.2, 0) is 0 Å². The summed E-state index contributed by atoms with van der Waals surface area (Å²) in [6.07, 6.45) is -0.973. The van der Waals surface area contributed by atoms with Gasteiger partial charge in [0, 0.05) is 17.2 Å². The minimum Gasteiger partial charge on any atom is -0.496 e. The van der Waals surface area contributed by atoms with Crippen molar-refractivity contribution in [1.82, 2.24) is 0 Å². The molecule has 0 aromatic heterocycles. The van der Waals surface area contributed by atoms with E-state index in [1.807, 2.05) is 19.1 Å². The summed E-state index contributed by atoms with van der Waals surface area (Å²) in [6.45, 7) is 2.37. The zero-order valence-electron chi connectivity index (χ0n) is 11.8. The SMILES string of the molecule is CCOc1ccccc1C(O)c1cc(Br)c(F)cc1OC. The van der Waals surface area contributed by atoms with E-state index in [0.29, 0.717) is 23.5 Å². The lowest BCUT2D eigenvalue weighted by molar-refractivity contribution is 0.206. The first-order valence-electron chi connectivity index (χ1n) is 6.51. The Morgan fingerprint density at radius 1 is 1.19 bits per heavy atom. The predicted octanol–water partition coefficient (Wildman–Crippen LogP) is 4.08. The summed E-state index contributed by atoms with van der Waals surface area (Å²) in [6, 6.07) is 9.96. The molecule has 1 N–H and O–H groups in total. The molecule has 0 bridgehead atoms. The van der Waals surface area contributed by atoms with Gasteiger partial charge in [0.15, 0.2) is 0 Å². The number of ether oxygens (including phenoxy) is 2. The zero-order valence-corrected chi connectivity index (χ0v) is 13.4. The Kier molecular flexibility index (Phi) is 5.20. The predicted molar refractivity (Wildman–Crippen MR) is 82.3 cm³/mol. The van der Waals surface area contributed by atoms with Gasteiger partial charge in [-0.3, -0.25) is 0 Å². The van der Waals surface area contributed by atoms with Crippen molar-refractivity contribution < 1.29 is 19.0 Å². The number of methoxy groups -OCH3 is 1. The third-order valence-corrected chi connectivity index (χ3v) is 3.69. The van der Waals surface area contributed by atoms with Crippen LogP contribution < -0.4 is 9.47 Å². The molecule has 0 heterocycles. The van der Waals surface area contributed by atoms with Crippen molar-refractivity contribution in [2.75, 3.05) is 13.7 Å². The Labute approximate surface area is 131 Å². The van der Waals surface area contributed by atoms with Crippen molar-refractivity contribution in [3.63, 3.8) is 0 Å². The van der Waals surface area contributed by atoms with Crippen molar-refractivity contribution in [3.05, 3.63) is 57.8 Å². The van der Waals surface area contributed by atoms with Crippen LogP contribution in [0.15, 0.2) is 40.9 Å². The van der Waals surface area contributed by atoms with Crippen LogP contribution in [0.2, 0.25) is 0 Å². The van der Waals surface area contributed by atoms with E-state index in [1.54, 1.807) is 12.1 Å². The Hall–Kier alpha value is -1.59. The van der Waals surface area contributed by atoms with Crippen molar-refractivity contribution in [2.24, 2.45) is 0 Å². The maximum absolute atomic E-state index is 13.6. The lowest BCUT2D eigenvalue weighted by atomic mass is 9.99. The van der Waals surface area contributed by atoms with E-state index in [-0.39, 0.29) is 10.2 Å². The third kappa shape index (κ3) is 3.36. The van der Waals surface area contributed by atoms with Crippen molar-refractivity contribution in [3.8, 4) is 11.5 Å². The van der Waals surface area contributed by atoms with Crippen LogP contribution in [0.5, 0.6) is 11.5 Å². The molecule has 0 aliphatic heterocycles. The highest BCUT2D eigenvalue weighted by molar-refractivity contribution is 9.10. The number of halogens is 2. The van der Waals surface area contributed by atoms with Gasteiger partial charge < -0.3 is 14.6 Å². The van der Waals surface area contributed by atoms with Gasteiger partial charge in [0.25, 0.3) is 0 Å². The summed E-state index contributed by atoms with van der Waals surface area (Å²) in [5.74, 6) is 0.436. The van der Waals surface area contributed by atoms with E-state index in [0.717, 1.165) is 0 Å². The van der Waals surface area contributed by atoms with Gasteiger partial charge in [-0.05, 0) is 35.0 Å². The smallest absolute Gasteiger partial charge is 0.141 e. The highest BCUT2D eigenvalue weighted by atomic mass is 79.9. The standard InChI is InChI=1S/C16H16BrFO3/c1-3-21-14-7-5-4-6-10(14)16(19)11-8-12(17)13(18)9-15(11)20-2/h4-9,16,19H,3H2,1-2H3. The fourth-order valence-electron chi connectivity index (χ4n) is 2.10. The van der Waals surface area contributed by atoms with E-state index in [2.05, 4.69) is 15.9 Å². The van der Waals surface area contributed by atoms with Gasteiger partial charge in [-0.25, -0.2) is 4.39 Å². The molecule has 2 aromatic carbocycles. The van der Waals surface area contributed by atoms with Crippen LogP contribution in [0.25, 0.3) is 0 Å². The van der Waals surface area contributed by atoms with Gasteiger partial charge in [-0.1, -0.05) is 18.2 Å². The second-order valence-electron chi connectivity index (χ2n) is 4.38. The summed E-state index contributed by atoms with van der Waals surface area (Å²) < 4.78 is 24.5. The number of benzene rings is 2. The van der Waals surface area contributed by atoms with Crippen LogP contribution in [0.1, 0.15) is 24.2 Å². The molecule has 0 aliphatic carbocycles. The van der Waals surface area contributed by atoms with Crippen LogP contribution >= 0.6 is 15.9 Å². The number of rotatable bonds is 5. The van der Waals surface area contributed by atoms with Gasteiger partial charge in [-0.15, -0.1) is 0 Å². The summed E-state index contributed by atoms with van der Waals surface area (Å²) in [5.41, 5.74) is 1.08. The normalized spacial score (nSPS) is 12.0. The lowest BCUT2D eigenvalue weighted by Crippen LogP contribution is -2.06. The molecule has 0 saturated carbocycles. The molecule has 0 amide bonds. The second kappa shape index (κ2) is 6.91. The maximum Gasteiger partial charge on any atom is 0.141 e. The average Bonchev–Trinajstić information content (AvgIpc) is 2.49. The zero-order chi connectivity index (χ0) is 15.4. The van der Waals surface area contributed by atoms with Crippen molar-refractivity contribution >= 4 is 15.9 Å². The minimum atomic E-state index is -0.973. The topological polar surface area (TPSA) is 38.7 Å². The summed E-state index contributed by atoms with van der Waals surface area (Å²) in [4.78, 5) is 0. The summed E-state index contributed by atoms with van der Waals surface area (Å²) in [7, 11) is 1.44. The second-order valence-corrected chi connectivity index (χ2v) is 5.24. The Bertz CT molecular complexity index is 631. The van der Waals surface area contributed by atoms with Gasteiger partial charge in [0.1, 0.15) is 23.4 Å². The van der Waals surface area contributed by atoms with Crippen molar-refractivity contribution in [1.29, 1.82) is 0 Å². The molecule has 112 valence electrons. The molecule has 3 nitrogen and oxygen atoms in total. The number of aliphatic hydroxyl groups excluding tert-OH is 1. The molecule has 0 saturated heterocycles. The fourth-order valence-corrected chi connectivity index (χ4v) is 2.46. The van der Waals surface area contributed by atoms with Gasteiger partial charge in [0.05, 0.1) is 18.2 Å². The number of para-hydroxylation sites is 1. The highest BCUT2D eigenvalue weighted by Crippen LogP contribution is 2.37. The largest absolute Gasteiger partial charge is 0.496 e. The molecule has 2 aromatic rings. The Balaban J connectivity index is 2.49. The Morgan fingerprint density at radius 3 is 2.57 bits per heavy atom. The molecule has 0 fully saturated rings. The molecular formula is C16H16BrFO3. The maximum atomic E-state index is 13.6. The lowest BCUT2D eigenvalue weighted by Gasteiger charge is -2.18. The van der Waals surface area contributed by atoms with E-state index in [4.69, 9.17) is 9.47 Å². The number of aliphatic hydroxyl groups is 1. The quantitative estimate of drug-likeness (QED) is 0.879. The van der Waals surface area contributed by atoms with Crippen LogP contribution in [0.3, 0.4) is 0 Å². The van der Waals surface area contributed by atoms with Gasteiger partial charge in [0.2, 0.25) is 0 Å². The van der Waals surface area contributed by atoms with Gasteiger partial charge in [-0.2, -0.15) is 0 Å². The van der Waals surface area contributed by atoms with Crippen molar-refractivity contribution in [2.45, 2.75) is 13.0 Å². The molecule has 0 spiro atoms. The first-order valence-corrected chi connectivity index (χ1v) is 7.30. The molecular weight excluding hydrogens is 339 g/mol. The monoisotopic (exact) mass is 354 g/mol. The number of hydrogen-bond acceptors (Lipinski definition) is 3. The average molecular weight is 355 g/mol. The third-order valence-electron chi connectivity index (χ3n) is 3.08. The van der Waals surface area contributed by atoms with Crippen LogP contribution in [0.4, 0.5) is 4.39 Å². The molecule has 2 rings (SSSR count). The molecule has 0 aliphatic rings. The molecule has 1 unspecified atom stereocenters. The molecule has 21 heavy (non-hydrogen) atoms. The van der Waals surface area contributed by atoms with E-state index in [9.17, 15) is 9.50 Å². The van der Waals surface area contributed by atoms with E-state index < -0.39 is 11.9 Å². The first-order chi connectivity index (χ1) is 10.1. The fraction of sp³-hybridized carbons (Fsp3) is 0.250. The highest BCUT2D eigenvalue weighted by Gasteiger charge is 2.21. The molecule has 5 heteroatoms. The van der Waals surface area contributed by atoms with Crippen LogP contribution in [-0.4, -0.2) is 18.8 Å². The minimum absolute atomic E-state index is 0.270. The summed E-state index contributed by atoms with van der Waals surface area (Å²) in [5, 5.41) is 10.6.